The van der Waals surface area contributed by atoms with Crippen LogP contribution < -0.4 is 5.56 Å². The van der Waals surface area contributed by atoms with Crippen LogP contribution in [0.1, 0.15) is 11.7 Å². The summed E-state index contributed by atoms with van der Waals surface area (Å²) in [7, 11) is 1.56. The molecule has 0 saturated carbocycles. The van der Waals surface area contributed by atoms with Crippen LogP contribution in [0.5, 0.6) is 0 Å². The first-order valence-corrected chi connectivity index (χ1v) is 9.85. The Labute approximate surface area is 180 Å². The molecular weight excluding hydrogens is 430 g/mol. The molecule has 0 spiro atoms. The molecular formula is C19H16ClN5O4S. The summed E-state index contributed by atoms with van der Waals surface area (Å²) in [6.07, 6.45) is 1.40. The topological polar surface area (TPSA) is 112 Å². The molecule has 3 aromatic heterocycles. The lowest BCUT2D eigenvalue weighted by atomic mass is 10.1. The van der Waals surface area contributed by atoms with Gasteiger partial charge in [-0.2, -0.15) is 17.7 Å². The zero-order valence-corrected chi connectivity index (χ0v) is 17.3. The van der Waals surface area contributed by atoms with E-state index in [9.17, 15) is 14.7 Å². The second kappa shape index (κ2) is 8.05. The number of aromatic nitrogens is 5. The highest BCUT2D eigenvalue weighted by Crippen LogP contribution is 2.30. The SMILES string of the molecule is COCc1nn2c(nnc3c(=O)n([C@H](CS)C(=O)O)ccc32)c1-c1ccc(Cl)cc1. The molecule has 0 fully saturated rings. The fraction of sp³-hybridized carbons (Fsp3) is 0.211. The molecule has 4 rings (SSSR count). The number of nitrogens with zero attached hydrogens (tertiary/aromatic N) is 5. The van der Waals surface area contributed by atoms with Gasteiger partial charge in [-0.05, 0) is 23.8 Å². The van der Waals surface area contributed by atoms with Crippen LogP contribution in [-0.4, -0.2) is 48.3 Å². The number of rotatable bonds is 6. The normalized spacial score (nSPS) is 12.5. The van der Waals surface area contributed by atoms with Crippen molar-refractivity contribution in [1.29, 1.82) is 0 Å². The number of fused-ring (bicyclic) bond motifs is 3. The Morgan fingerprint density at radius 3 is 2.63 bits per heavy atom. The summed E-state index contributed by atoms with van der Waals surface area (Å²) in [5.41, 5.74) is 2.42. The first kappa shape index (κ1) is 20.3. The van der Waals surface area contributed by atoms with Crippen LogP contribution in [0, 0.1) is 0 Å². The van der Waals surface area contributed by atoms with Gasteiger partial charge in [-0.15, -0.1) is 10.2 Å². The summed E-state index contributed by atoms with van der Waals surface area (Å²) in [6.45, 7) is 0.223. The minimum atomic E-state index is -1.16. The van der Waals surface area contributed by atoms with Gasteiger partial charge in [0.1, 0.15) is 11.6 Å². The van der Waals surface area contributed by atoms with E-state index in [1.807, 2.05) is 12.1 Å². The van der Waals surface area contributed by atoms with E-state index in [0.717, 1.165) is 10.1 Å². The standard InChI is InChI=1S/C19H16ClN5O4S/c1-29-8-12-15(10-2-4-11(20)5-3-10)17-22-21-16-13(25(17)23-12)6-7-24(18(16)26)14(9-30)19(27)28/h2-7,14,30H,8-9H2,1H3,(H,27,28)/t14-/m1/s1. The van der Waals surface area contributed by atoms with Crippen molar-refractivity contribution in [2.24, 2.45) is 0 Å². The van der Waals surface area contributed by atoms with E-state index in [4.69, 9.17) is 16.3 Å². The van der Waals surface area contributed by atoms with Gasteiger partial charge in [-0.1, -0.05) is 23.7 Å². The molecule has 3 heterocycles. The van der Waals surface area contributed by atoms with Crippen LogP contribution in [-0.2, 0) is 16.1 Å². The van der Waals surface area contributed by atoms with Gasteiger partial charge in [0, 0.05) is 24.1 Å². The van der Waals surface area contributed by atoms with E-state index in [-0.39, 0.29) is 17.9 Å². The van der Waals surface area contributed by atoms with Gasteiger partial charge in [0.15, 0.2) is 11.2 Å². The van der Waals surface area contributed by atoms with Crippen LogP contribution in [0.15, 0.2) is 41.3 Å². The highest BCUT2D eigenvalue weighted by atomic mass is 35.5. The Balaban J connectivity index is 2.00. The number of benzene rings is 1. The molecule has 1 atom stereocenters. The minimum Gasteiger partial charge on any atom is -0.480 e. The minimum absolute atomic E-state index is 0.00663. The second-order valence-corrected chi connectivity index (χ2v) is 7.30. The van der Waals surface area contributed by atoms with Crippen molar-refractivity contribution >= 4 is 46.9 Å². The van der Waals surface area contributed by atoms with Crippen molar-refractivity contribution in [2.75, 3.05) is 12.9 Å². The largest absolute Gasteiger partial charge is 0.480 e. The molecule has 154 valence electrons. The van der Waals surface area contributed by atoms with Crippen molar-refractivity contribution < 1.29 is 14.6 Å². The number of hydrogen-bond donors (Lipinski definition) is 2. The quantitative estimate of drug-likeness (QED) is 0.438. The smallest absolute Gasteiger partial charge is 0.327 e. The van der Waals surface area contributed by atoms with Crippen molar-refractivity contribution in [2.45, 2.75) is 12.6 Å². The van der Waals surface area contributed by atoms with Crippen LogP contribution in [0.2, 0.25) is 5.02 Å². The average Bonchev–Trinajstić information content (AvgIpc) is 3.09. The third-order valence-electron chi connectivity index (χ3n) is 4.69. The lowest BCUT2D eigenvalue weighted by Crippen LogP contribution is -2.31. The molecule has 0 unspecified atom stereocenters. The van der Waals surface area contributed by atoms with Crippen LogP contribution >= 0.6 is 24.2 Å². The third-order valence-corrected chi connectivity index (χ3v) is 5.28. The molecule has 4 aromatic rings. The Hall–Kier alpha value is -2.95. The molecule has 1 aromatic carbocycles. The predicted octanol–water partition coefficient (Wildman–Crippen LogP) is 2.46. The van der Waals surface area contributed by atoms with Gasteiger partial charge in [0.2, 0.25) is 0 Å². The van der Waals surface area contributed by atoms with E-state index in [1.165, 1.54) is 10.7 Å². The van der Waals surface area contributed by atoms with Gasteiger partial charge in [-0.3, -0.25) is 9.36 Å². The highest BCUT2D eigenvalue weighted by molar-refractivity contribution is 7.80. The number of ether oxygens (including phenoxy) is 1. The number of methoxy groups -OCH3 is 1. The fourth-order valence-corrected chi connectivity index (χ4v) is 3.74. The number of carboxylic acids is 1. The number of carbonyl (C=O) groups is 1. The summed E-state index contributed by atoms with van der Waals surface area (Å²) < 4.78 is 7.88. The molecule has 30 heavy (non-hydrogen) atoms. The lowest BCUT2D eigenvalue weighted by Gasteiger charge is -2.13. The number of carboxylic acid groups (broad SMARTS) is 1. The average molecular weight is 446 g/mol. The number of pyridine rings is 1. The van der Waals surface area contributed by atoms with Crippen molar-refractivity contribution in [1.82, 2.24) is 24.4 Å². The zero-order valence-electron chi connectivity index (χ0n) is 15.7. The van der Waals surface area contributed by atoms with Gasteiger partial charge < -0.3 is 9.84 Å². The van der Waals surface area contributed by atoms with Crippen molar-refractivity contribution in [3.05, 3.63) is 57.6 Å². The maximum absolute atomic E-state index is 12.9. The maximum atomic E-state index is 12.9. The Kier molecular flexibility index (Phi) is 5.46. The summed E-state index contributed by atoms with van der Waals surface area (Å²) in [5.74, 6) is -1.20. The molecule has 0 aliphatic carbocycles. The first-order valence-electron chi connectivity index (χ1n) is 8.84. The van der Waals surface area contributed by atoms with Crippen LogP contribution in [0.25, 0.3) is 27.8 Å². The number of thiol groups is 1. The summed E-state index contributed by atoms with van der Waals surface area (Å²) in [6, 6.07) is 7.67. The molecule has 0 amide bonds. The molecule has 1 N–H and O–H groups in total. The van der Waals surface area contributed by atoms with Crippen LogP contribution in [0.4, 0.5) is 0 Å². The molecule has 0 saturated heterocycles. The third kappa shape index (κ3) is 3.32. The van der Waals surface area contributed by atoms with Crippen molar-refractivity contribution in [3.8, 4) is 11.1 Å². The molecule has 9 nitrogen and oxygen atoms in total. The Morgan fingerprint density at radius 2 is 2.00 bits per heavy atom. The summed E-state index contributed by atoms with van der Waals surface area (Å²) >= 11 is 10.0. The second-order valence-electron chi connectivity index (χ2n) is 6.50. The molecule has 0 aliphatic heterocycles. The summed E-state index contributed by atoms with van der Waals surface area (Å²) in [4.78, 5) is 24.3. The summed E-state index contributed by atoms with van der Waals surface area (Å²) in [5, 5.41) is 22.8. The Morgan fingerprint density at radius 1 is 1.27 bits per heavy atom. The van der Waals surface area contributed by atoms with E-state index in [0.29, 0.717) is 27.4 Å². The van der Waals surface area contributed by atoms with Gasteiger partial charge in [0.05, 0.1) is 17.9 Å². The Bertz CT molecular complexity index is 1320. The van der Waals surface area contributed by atoms with E-state index < -0.39 is 17.6 Å². The highest BCUT2D eigenvalue weighted by Gasteiger charge is 2.23. The molecule has 0 aliphatic rings. The number of aliphatic carboxylic acids is 1. The van der Waals surface area contributed by atoms with Crippen LogP contribution in [0.3, 0.4) is 0 Å². The predicted molar refractivity (Wildman–Crippen MR) is 114 cm³/mol. The van der Waals surface area contributed by atoms with E-state index >= 15 is 0 Å². The van der Waals surface area contributed by atoms with E-state index in [2.05, 4.69) is 27.9 Å². The van der Waals surface area contributed by atoms with E-state index in [1.54, 1.807) is 25.3 Å². The zero-order chi connectivity index (χ0) is 21.4. The first-order chi connectivity index (χ1) is 14.5. The fourth-order valence-electron chi connectivity index (χ4n) is 3.29. The molecule has 11 heteroatoms. The van der Waals surface area contributed by atoms with Crippen molar-refractivity contribution in [3.63, 3.8) is 0 Å². The number of halogens is 1. The number of hydrogen-bond acceptors (Lipinski definition) is 7. The lowest BCUT2D eigenvalue weighted by molar-refractivity contribution is -0.140. The van der Waals surface area contributed by atoms with Gasteiger partial charge >= 0.3 is 5.97 Å². The van der Waals surface area contributed by atoms with Gasteiger partial charge in [0.25, 0.3) is 5.56 Å². The maximum Gasteiger partial charge on any atom is 0.327 e. The molecule has 0 radical (unpaired) electrons. The monoisotopic (exact) mass is 445 g/mol. The molecule has 0 bridgehead atoms. The van der Waals surface area contributed by atoms with Gasteiger partial charge in [-0.25, -0.2) is 9.31 Å².